The molecule has 2 aromatic rings. The zero-order valence-electron chi connectivity index (χ0n) is 16.4. The molecule has 1 saturated heterocycles. The molecule has 0 unspecified atom stereocenters. The predicted octanol–water partition coefficient (Wildman–Crippen LogP) is 1.81. The molecule has 7 nitrogen and oxygen atoms in total. The van der Waals surface area contributed by atoms with Crippen molar-refractivity contribution in [3.63, 3.8) is 0 Å². The molecule has 0 saturated carbocycles. The normalized spacial score (nSPS) is 16.3. The van der Waals surface area contributed by atoms with Gasteiger partial charge in [-0.2, -0.15) is 4.31 Å². The molecule has 1 aliphatic rings. The van der Waals surface area contributed by atoms with Gasteiger partial charge in [0.25, 0.3) is 0 Å². The lowest BCUT2D eigenvalue weighted by atomic mass is 10.1. The van der Waals surface area contributed by atoms with E-state index in [0.29, 0.717) is 0 Å². The zero-order valence-corrected chi connectivity index (χ0v) is 18.0. The maximum atomic E-state index is 13.1. The molecule has 0 atom stereocenters. The molecular formula is C20H23FN2O5S2. The first-order chi connectivity index (χ1) is 14.1. The molecular weight excluding hydrogens is 431 g/mol. The number of carbonyl (C=O) groups excluding carboxylic acids is 1. The summed E-state index contributed by atoms with van der Waals surface area (Å²) in [6, 6.07) is 12.2. The largest absolute Gasteiger partial charge is 0.358 e. The Morgan fingerprint density at radius 2 is 1.47 bits per heavy atom. The van der Waals surface area contributed by atoms with Gasteiger partial charge in [0.2, 0.25) is 15.9 Å². The fourth-order valence-corrected chi connectivity index (χ4v) is 6.56. The average molecular weight is 455 g/mol. The fourth-order valence-electron chi connectivity index (χ4n) is 3.42. The van der Waals surface area contributed by atoms with E-state index in [4.69, 9.17) is 0 Å². The monoisotopic (exact) mass is 454 g/mol. The van der Waals surface area contributed by atoms with E-state index < -0.39 is 36.8 Å². The molecule has 2 aromatic carbocycles. The van der Waals surface area contributed by atoms with Gasteiger partial charge in [-0.3, -0.25) is 4.79 Å². The van der Waals surface area contributed by atoms with E-state index >= 15 is 0 Å². The quantitative estimate of drug-likeness (QED) is 0.718. The number of carbonyl (C=O) groups is 1. The highest BCUT2D eigenvalue weighted by molar-refractivity contribution is 7.92. The Hall–Kier alpha value is -2.30. The minimum absolute atomic E-state index is 0.0691. The van der Waals surface area contributed by atoms with Gasteiger partial charge in [0.05, 0.1) is 10.1 Å². The zero-order chi connectivity index (χ0) is 21.9. The summed E-state index contributed by atoms with van der Waals surface area (Å²) in [7, 11) is -6.02. The molecule has 0 bridgehead atoms. The van der Waals surface area contributed by atoms with Crippen LogP contribution in [-0.4, -0.2) is 58.2 Å². The van der Waals surface area contributed by atoms with Crippen LogP contribution in [0.5, 0.6) is 0 Å². The number of nitrogens with one attached hydrogen (secondary N) is 1. The Balaban J connectivity index is 1.69. The minimum Gasteiger partial charge on any atom is -0.358 e. The van der Waals surface area contributed by atoms with Crippen molar-refractivity contribution in [2.75, 3.05) is 25.9 Å². The number of sulfonamides is 1. The molecule has 0 spiro atoms. The Morgan fingerprint density at radius 1 is 0.967 bits per heavy atom. The van der Waals surface area contributed by atoms with Crippen LogP contribution in [0.15, 0.2) is 53.4 Å². The molecule has 1 fully saturated rings. The first-order valence-corrected chi connectivity index (χ1v) is 12.6. The first-order valence-electron chi connectivity index (χ1n) is 9.42. The summed E-state index contributed by atoms with van der Waals surface area (Å²) >= 11 is 0. The van der Waals surface area contributed by atoms with Crippen LogP contribution in [0.25, 0.3) is 11.1 Å². The number of hydrogen-bond donors (Lipinski definition) is 1. The number of halogens is 1. The van der Waals surface area contributed by atoms with Gasteiger partial charge in [-0.1, -0.05) is 24.3 Å². The van der Waals surface area contributed by atoms with Gasteiger partial charge in [-0.15, -0.1) is 0 Å². The van der Waals surface area contributed by atoms with Gasteiger partial charge in [0, 0.05) is 20.1 Å². The van der Waals surface area contributed by atoms with E-state index in [1.807, 2.05) is 0 Å². The van der Waals surface area contributed by atoms with Crippen LogP contribution < -0.4 is 5.32 Å². The van der Waals surface area contributed by atoms with Crippen molar-refractivity contribution >= 4 is 25.8 Å². The van der Waals surface area contributed by atoms with E-state index in [1.165, 1.54) is 35.6 Å². The first kappa shape index (κ1) is 22.4. The maximum Gasteiger partial charge on any atom is 0.243 e. The second-order valence-corrected chi connectivity index (χ2v) is 11.3. The lowest BCUT2D eigenvalue weighted by molar-refractivity contribution is -0.118. The van der Waals surface area contributed by atoms with Gasteiger partial charge < -0.3 is 5.32 Å². The molecule has 162 valence electrons. The van der Waals surface area contributed by atoms with Crippen LogP contribution in [0.3, 0.4) is 0 Å². The van der Waals surface area contributed by atoms with Gasteiger partial charge >= 0.3 is 0 Å². The van der Waals surface area contributed by atoms with Crippen molar-refractivity contribution in [1.29, 1.82) is 0 Å². The van der Waals surface area contributed by atoms with Crippen molar-refractivity contribution in [2.45, 2.75) is 23.0 Å². The highest BCUT2D eigenvalue weighted by Crippen LogP contribution is 2.26. The van der Waals surface area contributed by atoms with Crippen molar-refractivity contribution in [3.8, 4) is 11.1 Å². The third-order valence-corrected chi connectivity index (χ3v) is 9.25. The molecule has 1 amide bonds. The second-order valence-electron chi connectivity index (χ2n) is 7.12. The lowest BCUT2D eigenvalue weighted by Crippen LogP contribution is -2.44. The number of piperidine rings is 1. The summed E-state index contributed by atoms with van der Waals surface area (Å²) in [5.74, 6) is -1.52. The highest BCUT2D eigenvalue weighted by Gasteiger charge is 2.35. The van der Waals surface area contributed by atoms with E-state index in [0.717, 1.165) is 11.1 Å². The topological polar surface area (TPSA) is 101 Å². The minimum atomic E-state index is -3.77. The average Bonchev–Trinajstić information content (AvgIpc) is 2.74. The Labute approximate surface area is 175 Å². The number of nitrogens with zero attached hydrogens (tertiary/aromatic N) is 1. The third kappa shape index (κ3) is 4.88. The van der Waals surface area contributed by atoms with Crippen molar-refractivity contribution < 1.29 is 26.0 Å². The van der Waals surface area contributed by atoms with Crippen molar-refractivity contribution in [2.24, 2.45) is 0 Å². The Bertz CT molecular complexity index is 1110. The summed E-state index contributed by atoms with van der Waals surface area (Å²) in [6.45, 7) is 0.138. The number of amides is 1. The Kier molecular flexibility index (Phi) is 6.59. The van der Waals surface area contributed by atoms with Crippen molar-refractivity contribution in [1.82, 2.24) is 9.62 Å². The van der Waals surface area contributed by atoms with E-state index in [-0.39, 0.29) is 36.6 Å². The van der Waals surface area contributed by atoms with Gasteiger partial charge in [-0.25, -0.2) is 21.2 Å². The summed E-state index contributed by atoms with van der Waals surface area (Å²) in [5.41, 5.74) is 1.52. The van der Waals surface area contributed by atoms with Crippen LogP contribution in [0, 0.1) is 5.82 Å². The standard InChI is InChI=1S/C20H23FN2O5S2/c1-22-20(24)14-29(25,26)18-10-12-23(13-11-18)30(27,28)19-8-4-16(5-9-19)15-2-6-17(21)7-3-15/h2-9,18H,10-14H2,1H3,(H,22,24). The highest BCUT2D eigenvalue weighted by atomic mass is 32.2. The third-order valence-electron chi connectivity index (χ3n) is 5.19. The van der Waals surface area contributed by atoms with E-state index in [2.05, 4.69) is 5.32 Å². The molecule has 0 aromatic heterocycles. The molecule has 0 aliphatic carbocycles. The van der Waals surface area contributed by atoms with E-state index in [9.17, 15) is 26.0 Å². The summed E-state index contributed by atoms with van der Waals surface area (Å²) < 4.78 is 64.8. The van der Waals surface area contributed by atoms with Gasteiger partial charge in [0.1, 0.15) is 11.6 Å². The molecule has 1 aliphatic heterocycles. The smallest absolute Gasteiger partial charge is 0.243 e. The van der Waals surface area contributed by atoms with Gasteiger partial charge in [-0.05, 0) is 48.2 Å². The molecule has 0 radical (unpaired) electrons. The molecule has 1 N–H and O–H groups in total. The molecule has 1 heterocycles. The van der Waals surface area contributed by atoms with Gasteiger partial charge in [0.15, 0.2) is 9.84 Å². The number of rotatable bonds is 6. The number of benzene rings is 2. The second kappa shape index (κ2) is 8.83. The Morgan fingerprint density at radius 3 is 1.97 bits per heavy atom. The number of hydrogen-bond acceptors (Lipinski definition) is 5. The van der Waals surface area contributed by atoms with Crippen LogP contribution in [0.1, 0.15) is 12.8 Å². The van der Waals surface area contributed by atoms with Crippen molar-refractivity contribution in [3.05, 3.63) is 54.3 Å². The molecule has 3 rings (SSSR count). The lowest BCUT2D eigenvalue weighted by Gasteiger charge is -2.30. The van der Waals surface area contributed by atoms with Crippen LogP contribution in [0.4, 0.5) is 4.39 Å². The van der Waals surface area contributed by atoms with Crippen LogP contribution >= 0.6 is 0 Å². The molecule has 10 heteroatoms. The predicted molar refractivity (Wildman–Crippen MR) is 111 cm³/mol. The summed E-state index contributed by atoms with van der Waals surface area (Å²) in [5, 5.41) is 1.56. The molecule has 30 heavy (non-hydrogen) atoms. The SMILES string of the molecule is CNC(=O)CS(=O)(=O)C1CCN(S(=O)(=O)c2ccc(-c3ccc(F)cc3)cc2)CC1. The fraction of sp³-hybridized carbons (Fsp3) is 0.350. The number of sulfone groups is 1. The van der Waals surface area contributed by atoms with Crippen LogP contribution in [0.2, 0.25) is 0 Å². The summed E-state index contributed by atoms with van der Waals surface area (Å²) in [4.78, 5) is 11.5. The maximum absolute atomic E-state index is 13.1. The summed E-state index contributed by atoms with van der Waals surface area (Å²) in [6.07, 6.45) is 0.290. The van der Waals surface area contributed by atoms with E-state index in [1.54, 1.807) is 24.3 Å². The van der Waals surface area contributed by atoms with Crippen LogP contribution in [-0.2, 0) is 24.7 Å².